The van der Waals surface area contributed by atoms with Gasteiger partial charge in [0.15, 0.2) is 0 Å². The van der Waals surface area contributed by atoms with Gasteiger partial charge >= 0.3 is 12.0 Å². The Morgan fingerprint density at radius 2 is 1.84 bits per heavy atom. The Hall–Kier alpha value is -3.40. The van der Waals surface area contributed by atoms with Crippen LogP contribution in [0.3, 0.4) is 0 Å². The van der Waals surface area contributed by atoms with Crippen LogP contribution < -0.4 is 10.2 Å². The van der Waals surface area contributed by atoms with Crippen LogP contribution in [0.4, 0.5) is 10.5 Å². The number of carbonyl (C=O) groups excluding carboxylic acids is 3. The van der Waals surface area contributed by atoms with Gasteiger partial charge in [-0.3, -0.25) is 14.9 Å². The highest BCUT2D eigenvalue weighted by Gasteiger charge is 2.38. The first-order valence-electron chi connectivity index (χ1n) is 11.5. The number of rotatable bonds is 4. The summed E-state index contributed by atoms with van der Waals surface area (Å²) >= 11 is 13.6. The number of amides is 4. The van der Waals surface area contributed by atoms with Crippen molar-refractivity contribution in [2.75, 3.05) is 4.90 Å². The average Bonchev–Trinajstić information content (AvgIpc) is 3.34. The number of hydrogen-bond acceptors (Lipinski definition) is 5. The van der Waals surface area contributed by atoms with E-state index in [1.807, 2.05) is 11.5 Å². The van der Waals surface area contributed by atoms with Gasteiger partial charge in [0.05, 0.1) is 16.3 Å². The number of halogens is 2. The number of barbiturate groups is 1. The van der Waals surface area contributed by atoms with Crippen LogP contribution in [0, 0.1) is 13.8 Å². The molecule has 0 radical (unpaired) electrons. The van der Waals surface area contributed by atoms with Gasteiger partial charge in [0, 0.05) is 21.3 Å². The Kier molecular flexibility index (Phi) is 6.47. The molecule has 8 nitrogen and oxygen atoms in total. The molecular weight excluding hydrogens is 537 g/mol. The molecule has 5 rings (SSSR count). The lowest BCUT2D eigenvalue weighted by molar-refractivity contribution is -0.122. The number of fused-ring (bicyclic) bond motifs is 1. The molecule has 3 aromatic rings. The van der Waals surface area contributed by atoms with E-state index in [0.29, 0.717) is 26.8 Å². The normalized spacial score (nSPS) is 16.8. The molecule has 1 aromatic carbocycles. The van der Waals surface area contributed by atoms with Crippen LogP contribution in [0.25, 0.3) is 11.1 Å². The van der Waals surface area contributed by atoms with E-state index in [-0.39, 0.29) is 16.3 Å². The van der Waals surface area contributed by atoms with E-state index in [1.165, 1.54) is 35.6 Å². The molecule has 37 heavy (non-hydrogen) atoms. The molecule has 3 heterocycles. The molecule has 0 atom stereocenters. The zero-order valence-electron chi connectivity index (χ0n) is 19.9. The number of thiophene rings is 1. The Morgan fingerprint density at radius 1 is 1.11 bits per heavy atom. The number of imide groups is 2. The van der Waals surface area contributed by atoms with Crippen LogP contribution >= 0.6 is 34.5 Å². The Bertz CT molecular complexity index is 1550. The molecule has 11 heteroatoms. The zero-order chi connectivity index (χ0) is 26.6. The minimum Gasteiger partial charge on any atom is -0.478 e. The molecule has 0 bridgehead atoms. The van der Waals surface area contributed by atoms with E-state index >= 15 is 0 Å². The van der Waals surface area contributed by atoms with Crippen LogP contribution in [0.1, 0.15) is 50.6 Å². The van der Waals surface area contributed by atoms with Gasteiger partial charge in [-0.2, -0.15) is 0 Å². The number of benzene rings is 1. The third-order valence-electron chi connectivity index (χ3n) is 6.59. The molecule has 1 aliphatic carbocycles. The van der Waals surface area contributed by atoms with Crippen molar-refractivity contribution in [1.29, 1.82) is 0 Å². The summed E-state index contributed by atoms with van der Waals surface area (Å²) in [5.74, 6) is -2.64. The van der Waals surface area contributed by atoms with Gasteiger partial charge in [-0.15, -0.1) is 11.3 Å². The second-order valence-electron chi connectivity index (χ2n) is 8.91. The first-order valence-corrected chi connectivity index (χ1v) is 13.1. The summed E-state index contributed by atoms with van der Waals surface area (Å²) in [5, 5.41) is 13.2. The fraction of sp³-hybridized carbons (Fsp3) is 0.231. The lowest BCUT2D eigenvalue weighted by Gasteiger charge is -2.27. The molecule has 1 aliphatic heterocycles. The van der Waals surface area contributed by atoms with Gasteiger partial charge in [0.1, 0.15) is 10.6 Å². The first-order chi connectivity index (χ1) is 17.6. The predicted molar refractivity (Wildman–Crippen MR) is 142 cm³/mol. The maximum Gasteiger partial charge on any atom is 0.339 e. The molecule has 2 N–H and O–H groups in total. The van der Waals surface area contributed by atoms with Gasteiger partial charge in [-0.05, 0) is 81.0 Å². The Morgan fingerprint density at radius 3 is 2.54 bits per heavy atom. The largest absolute Gasteiger partial charge is 0.478 e. The summed E-state index contributed by atoms with van der Waals surface area (Å²) < 4.78 is 1.85. The van der Waals surface area contributed by atoms with Crippen LogP contribution in [-0.4, -0.2) is 33.5 Å². The minimum atomic E-state index is -0.974. The van der Waals surface area contributed by atoms with E-state index in [0.717, 1.165) is 46.7 Å². The number of aryl methyl sites for hydroxylation is 2. The van der Waals surface area contributed by atoms with Crippen LogP contribution in [0.5, 0.6) is 0 Å². The van der Waals surface area contributed by atoms with Crippen molar-refractivity contribution in [2.24, 2.45) is 0 Å². The van der Waals surface area contributed by atoms with Crippen molar-refractivity contribution in [3.05, 3.63) is 72.8 Å². The number of carbonyl (C=O) groups is 4. The van der Waals surface area contributed by atoms with Crippen molar-refractivity contribution >= 4 is 70.1 Å². The van der Waals surface area contributed by atoms with Crippen molar-refractivity contribution in [3.63, 3.8) is 0 Å². The number of urea groups is 1. The third kappa shape index (κ3) is 4.27. The highest BCUT2D eigenvalue weighted by atomic mass is 35.5. The summed E-state index contributed by atoms with van der Waals surface area (Å²) in [6.07, 6.45) is 4.97. The van der Waals surface area contributed by atoms with E-state index in [1.54, 1.807) is 13.0 Å². The monoisotopic (exact) mass is 557 g/mol. The van der Waals surface area contributed by atoms with Gasteiger partial charge in [-0.1, -0.05) is 23.2 Å². The quantitative estimate of drug-likeness (QED) is 0.315. The second kappa shape index (κ2) is 9.48. The number of carboxylic acids is 1. The molecule has 2 aliphatic rings. The van der Waals surface area contributed by atoms with Crippen LogP contribution in [-0.2, 0) is 22.4 Å². The fourth-order valence-corrected chi connectivity index (χ4v) is 6.86. The van der Waals surface area contributed by atoms with Gasteiger partial charge < -0.3 is 9.67 Å². The van der Waals surface area contributed by atoms with Crippen molar-refractivity contribution in [1.82, 2.24) is 9.88 Å². The van der Waals surface area contributed by atoms with Crippen molar-refractivity contribution in [2.45, 2.75) is 39.5 Å². The van der Waals surface area contributed by atoms with E-state index in [2.05, 4.69) is 5.32 Å². The zero-order valence-corrected chi connectivity index (χ0v) is 22.2. The molecule has 0 saturated carbocycles. The maximum absolute atomic E-state index is 13.3. The smallest absolute Gasteiger partial charge is 0.339 e. The standard InChI is InChI=1S/C26H21Cl2N3O5S/c1-12-9-14(13(2)30(12)24-21(25(34)35)16-5-3-4-6-20(16)37-24)10-17-22(32)29-26(36)31(23(17)33)19-8-7-15(27)11-18(19)28/h7-11H,3-6H2,1-2H3,(H,34,35)(H,29,32,36)/b17-10+. The van der Waals surface area contributed by atoms with Crippen LogP contribution in [0.2, 0.25) is 10.0 Å². The predicted octanol–water partition coefficient (Wildman–Crippen LogP) is 5.71. The molecule has 1 saturated heterocycles. The number of aromatic carboxylic acids is 1. The summed E-state index contributed by atoms with van der Waals surface area (Å²) in [4.78, 5) is 52.7. The number of aromatic nitrogens is 1. The van der Waals surface area contributed by atoms with Gasteiger partial charge in [0.2, 0.25) is 0 Å². The number of nitrogens with zero attached hydrogens (tertiary/aromatic N) is 2. The fourth-order valence-electron chi connectivity index (χ4n) is 4.87. The van der Waals surface area contributed by atoms with Crippen molar-refractivity contribution in [3.8, 4) is 5.00 Å². The highest BCUT2D eigenvalue weighted by molar-refractivity contribution is 7.15. The second-order valence-corrected chi connectivity index (χ2v) is 10.8. The molecule has 1 fully saturated rings. The summed E-state index contributed by atoms with van der Waals surface area (Å²) in [7, 11) is 0. The topological polar surface area (TPSA) is 109 Å². The van der Waals surface area contributed by atoms with Crippen LogP contribution in [0.15, 0.2) is 29.8 Å². The number of carboxylic acid groups (broad SMARTS) is 1. The minimum absolute atomic E-state index is 0.0748. The summed E-state index contributed by atoms with van der Waals surface area (Å²) in [6, 6.07) is 5.17. The van der Waals surface area contributed by atoms with E-state index in [9.17, 15) is 24.3 Å². The number of anilines is 1. The lowest BCUT2D eigenvalue weighted by atomic mass is 9.95. The Balaban J connectivity index is 1.59. The SMILES string of the molecule is Cc1cc(/C=C2\C(=O)NC(=O)N(c3ccc(Cl)cc3Cl)C2=O)c(C)n1-c1sc2c(c1C(=O)O)CCCC2. The number of nitrogens with one attached hydrogen (secondary N) is 1. The highest BCUT2D eigenvalue weighted by Crippen LogP contribution is 2.39. The molecule has 0 unspecified atom stereocenters. The number of hydrogen-bond donors (Lipinski definition) is 2. The Labute approximate surface area is 226 Å². The third-order valence-corrected chi connectivity index (χ3v) is 8.41. The summed E-state index contributed by atoms with van der Waals surface area (Å²) in [5.41, 5.74) is 3.00. The lowest BCUT2D eigenvalue weighted by Crippen LogP contribution is -2.54. The molecule has 190 valence electrons. The van der Waals surface area contributed by atoms with Crippen molar-refractivity contribution < 1.29 is 24.3 Å². The van der Waals surface area contributed by atoms with Gasteiger partial charge in [0.25, 0.3) is 11.8 Å². The van der Waals surface area contributed by atoms with Gasteiger partial charge in [-0.25, -0.2) is 14.5 Å². The summed E-state index contributed by atoms with van der Waals surface area (Å²) in [6.45, 7) is 3.64. The average molecular weight is 558 g/mol. The van der Waals surface area contributed by atoms with E-state index < -0.39 is 23.8 Å². The molecular formula is C26H21Cl2N3O5S. The molecule has 0 spiro atoms. The maximum atomic E-state index is 13.3. The molecule has 2 aromatic heterocycles. The van der Waals surface area contributed by atoms with E-state index in [4.69, 9.17) is 23.2 Å². The first kappa shape index (κ1) is 25.3. The molecule has 4 amide bonds.